The predicted molar refractivity (Wildman–Crippen MR) is 116 cm³/mol. The Kier molecular flexibility index (Phi) is 7.35. The number of hydrogen-bond acceptors (Lipinski definition) is 5. The predicted octanol–water partition coefficient (Wildman–Crippen LogP) is 4.89. The summed E-state index contributed by atoms with van der Waals surface area (Å²) in [7, 11) is -3.88. The minimum atomic E-state index is -4.54. The molecule has 1 aliphatic heterocycles. The first-order valence-corrected chi connectivity index (χ1v) is 12.2. The SMILES string of the molecule is CS(=O)(=O)NC(=O)c1cc(Cl)c(OC2CCN(c3ccc(C(F)(F)F)c(Cl)c3)CC2)cc1F. The van der Waals surface area contributed by atoms with Crippen molar-refractivity contribution in [3.05, 3.63) is 57.3 Å². The highest BCUT2D eigenvalue weighted by atomic mass is 35.5. The number of anilines is 1. The summed E-state index contributed by atoms with van der Waals surface area (Å²) in [4.78, 5) is 13.8. The molecule has 1 aliphatic rings. The van der Waals surface area contributed by atoms with E-state index in [1.165, 1.54) is 12.1 Å². The molecule has 6 nitrogen and oxygen atoms in total. The Morgan fingerprint density at radius 1 is 1.12 bits per heavy atom. The van der Waals surface area contributed by atoms with Crippen molar-refractivity contribution in [3.8, 4) is 5.75 Å². The Labute approximate surface area is 197 Å². The molecule has 180 valence electrons. The molecule has 0 aliphatic carbocycles. The van der Waals surface area contributed by atoms with Crippen molar-refractivity contribution in [3.63, 3.8) is 0 Å². The fourth-order valence-electron chi connectivity index (χ4n) is 3.36. The Morgan fingerprint density at radius 2 is 1.76 bits per heavy atom. The van der Waals surface area contributed by atoms with Gasteiger partial charge in [-0.25, -0.2) is 17.5 Å². The van der Waals surface area contributed by atoms with E-state index in [-0.39, 0.29) is 21.9 Å². The molecular formula is C20H18Cl2F4N2O4S. The summed E-state index contributed by atoms with van der Waals surface area (Å²) in [5.74, 6) is -2.18. The summed E-state index contributed by atoms with van der Waals surface area (Å²) in [5, 5.41) is -0.465. The standard InChI is InChI=1S/C20H18Cl2F4N2O4S/c1-33(30,31)27-19(29)13-9-16(22)18(10-17(13)23)32-12-4-6-28(7-5-12)11-2-3-14(15(21)8-11)20(24,25)26/h2-3,8-10,12H,4-7H2,1H3,(H,27,29). The zero-order chi connectivity index (χ0) is 24.6. The molecule has 0 radical (unpaired) electrons. The number of nitrogens with one attached hydrogen (secondary N) is 1. The van der Waals surface area contributed by atoms with Gasteiger partial charge < -0.3 is 9.64 Å². The number of hydrogen-bond donors (Lipinski definition) is 1. The number of piperidine rings is 1. The molecule has 13 heteroatoms. The summed E-state index contributed by atoms with van der Waals surface area (Å²) in [6.07, 6.45) is -3.21. The first-order chi connectivity index (χ1) is 15.2. The lowest BCUT2D eigenvalue weighted by atomic mass is 10.1. The number of halogens is 6. The van der Waals surface area contributed by atoms with E-state index in [9.17, 15) is 30.8 Å². The van der Waals surface area contributed by atoms with Gasteiger partial charge in [0.1, 0.15) is 17.7 Å². The number of amides is 1. The van der Waals surface area contributed by atoms with Crippen LogP contribution in [-0.2, 0) is 16.2 Å². The highest BCUT2D eigenvalue weighted by Gasteiger charge is 2.33. The summed E-state index contributed by atoms with van der Waals surface area (Å²) < 4.78 is 82.8. The molecule has 3 rings (SSSR count). The Bertz CT molecular complexity index is 1170. The lowest BCUT2D eigenvalue weighted by Gasteiger charge is -2.34. The molecule has 1 heterocycles. The van der Waals surface area contributed by atoms with Gasteiger partial charge >= 0.3 is 6.18 Å². The second-order valence-electron chi connectivity index (χ2n) is 7.43. The molecule has 33 heavy (non-hydrogen) atoms. The third kappa shape index (κ3) is 6.42. The molecule has 0 unspecified atom stereocenters. The maximum absolute atomic E-state index is 14.4. The fraction of sp³-hybridized carbons (Fsp3) is 0.350. The quantitative estimate of drug-likeness (QED) is 0.559. The summed E-state index contributed by atoms with van der Waals surface area (Å²) in [6, 6.07) is 5.43. The average molecular weight is 529 g/mol. The van der Waals surface area contributed by atoms with Gasteiger partial charge in [-0.3, -0.25) is 4.79 Å². The number of alkyl halides is 3. The van der Waals surface area contributed by atoms with Gasteiger partial charge in [0, 0.05) is 37.7 Å². The first-order valence-electron chi connectivity index (χ1n) is 9.54. The maximum atomic E-state index is 14.4. The van der Waals surface area contributed by atoms with Crippen molar-refractivity contribution in [2.24, 2.45) is 0 Å². The molecule has 1 N–H and O–H groups in total. The highest BCUT2D eigenvalue weighted by molar-refractivity contribution is 7.89. The van der Waals surface area contributed by atoms with Gasteiger partial charge in [-0.2, -0.15) is 13.2 Å². The number of rotatable bonds is 5. The number of benzene rings is 2. The molecule has 0 atom stereocenters. The minimum absolute atomic E-state index is 0.0129. The topological polar surface area (TPSA) is 75.7 Å². The van der Waals surface area contributed by atoms with Crippen molar-refractivity contribution in [2.75, 3.05) is 24.2 Å². The lowest BCUT2D eigenvalue weighted by molar-refractivity contribution is -0.137. The van der Waals surface area contributed by atoms with Gasteiger partial charge in [0.15, 0.2) is 0 Å². The van der Waals surface area contributed by atoms with Crippen molar-refractivity contribution < 1.29 is 35.5 Å². The van der Waals surface area contributed by atoms with Crippen molar-refractivity contribution in [2.45, 2.75) is 25.1 Å². The maximum Gasteiger partial charge on any atom is 0.417 e. The van der Waals surface area contributed by atoms with E-state index in [1.54, 1.807) is 4.72 Å². The average Bonchev–Trinajstić information content (AvgIpc) is 2.68. The molecule has 2 aromatic rings. The van der Waals surface area contributed by atoms with Crippen LogP contribution in [0.25, 0.3) is 0 Å². The first kappa shape index (κ1) is 25.4. The Morgan fingerprint density at radius 3 is 2.30 bits per heavy atom. The highest BCUT2D eigenvalue weighted by Crippen LogP contribution is 2.37. The van der Waals surface area contributed by atoms with Crippen LogP contribution in [-0.4, -0.2) is 39.8 Å². The zero-order valence-corrected chi connectivity index (χ0v) is 19.4. The molecule has 1 fully saturated rings. The number of nitrogens with zero attached hydrogens (tertiary/aromatic N) is 1. The normalized spacial score (nSPS) is 15.4. The van der Waals surface area contributed by atoms with E-state index in [0.29, 0.717) is 31.6 Å². The summed E-state index contributed by atoms with van der Waals surface area (Å²) in [5.41, 5.74) is -0.917. The smallest absolute Gasteiger partial charge is 0.417 e. The van der Waals surface area contributed by atoms with Gasteiger partial charge in [-0.1, -0.05) is 23.2 Å². The summed E-state index contributed by atoms with van der Waals surface area (Å²) in [6.45, 7) is 0.891. The monoisotopic (exact) mass is 528 g/mol. The molecule has 2 aromatic carbocycles. The number of sulfonamides is 1. The van der Waals surface area contributed by atoms with Crippen LogP contribution in [0.2, 0.25) is 10.0 Å². The Hall–Kier alpha value is -2.24. The second kappa shape index (κ2) is 9.55. The van der Waals surface area contributed by atoms with E-state index < -0.39 is 39.1 Å². The van der Waals surface area contributed by atoms with Crippen molar-refractivity contribution >= 4 is 44.8 Å². The summed E-state index contributed by atoms with van der Waals surface area (Å²) >= 11 is 11.9. The Balaban J connectivity index is 1.65. The largest absolute Gasteiger partial charge is 0.489 e. The minimum Gasteiger partial charge on any atom is -0.489 e. The van der Waals surface area contributed by atoms with Crippen molar-refractivity contribution in [1.82, 2.24) is 4.72 Å². The van der Waals surface area contributed by atoms with Crippen LogP contribution in [0.3, 0.4) is 0 Å². The van der Waals surface area contributed by atoms with E-state index in [4.69, 9.17) is 27.9 Å². The van der Waals surface area contributed by atoms with Crippen LogP contribution in [0.4, 0.5) is 23.2 Å². The molecule has 0 bridgehead atoms. The number of carbonyl (C=O) groups is 1. The number of carbonyl (C=O) groups excluding carboxylic acids is 1. The van der Waals surface area contributed by atoms with Crippen LogP contribution >= 0.6 is 23.2 Å². The van der Waals surface area contributed by atoms with Gasteiger partial charge in [-0.15, -0.1) is 0 Å². The second-order valence-corrected chi connectivity index (χ2v) is 9.99. The molecule has 1 saturated heterocycles. The molecular weight excluding hydrogens is 511 g/mol. The van der Waals surface area contributed by atoms with Crippen LogP contribution in [0.15, 0.2) is 30.3 Å². The molecule has 0 saturated carbocycles. The van der Waals surface area contributed by atoms with Crippen LogP contribution in [0.1, 0.15) is 28.8 Å². The van der Waals surface area contributed by atoms with E-state index in [0.717, 1.165) is 24.5 Å². The third-order valence-electron chi connectivity index (χ3n) is 4.90. The van der Waals surface area contributed by atoms with E-state index in [2.05, 4.69) is 0 Å². The third-order valence-corrected chi connectivity index (χ3v) is 6.07. The fourth-order valence-corrected chi connectivity index (χ4v) is 4.30. The van der Waals surface area contributed by atoms with Crippen LogP contribution in [0, 0.1) is 5.82 Å². The lowest BCUT2D eigenvalue weighted by Crippen LogP contribution is -2.38. The van der Waals surface area contributed by atoms with Gasteiger partial charge in [0.2, 0.25) is 10.0 Å². The van der Waals surface area contributed by atoms with Gasteiger partial charge in [-0.05, 0) is 24.3 Å². The molecule has 1 amide bonds. The zero-order valence-electron chi connectivity index (χ0n) is 17.0. The van der Waals surface area contributed by atoms with Gasteiger partial charge in [0.25, 0.3) is 5.91 Å². The van der Waals surface area contributed by atoms with Crippen LogP contribution in [0.5, 0.6) is 5.75 Å². The molecule has 0 spiro atoms. The van der Waals surface area contributed by atoms with Gasteiger partial charge in [0.05, 0.1) is 27.4 Å². The molecule has 0 aromatic heterocycles. The van der Waals surface area contributed by atoms with Crippen molar-refractivity contribution in [1.29, 1.82) is 0 Å². The van der Waals surface area contributed by atoms with E-state index in [1.807, 2.05) is 4.90 Å². The van der Waals surface area contributed by atoms with Crippen LogP contribution < -0.4 is 14.4 Å². The number of ether oxygens (including phenoxy) is 1. The van der Waals surface area contributed by atoms with E-state index >= 15 is 0 Å².